The molecule has 1 unspecified atom stereocenters. The normalized spacial score (nSPS) is 14.6. The second-order valence-corrected chi connectivity index (χ2v) is 11.0. The number of nitrogens with zero attached hydrogens (tertiary/aromatic N) is 2. The Bertz CT molecular complexity index is 1450. The first-order valence-corrected chi connectivity index (χ1v) is 14.2. The van der Waals surface area contributed by atoms with Crippen LogP contribution in [0.5, 0.6) is 17.2 Å². The highest BCUT2D eigenvalue weighted by atomic mass is 32.1. The van der Waals surface area contributed by atoms with Gasteiger partial charge in [-0.15, -0.1) is 11.3 Å². The van der Waals surface area contributed by atoms with Crippen molar-refractivity contribution in [1.82, 2.24) is 9.88 Å². The Kier molecular flexibility index (Phi) is 8.17. The molecule has 0 saturated carbocycles. The molecular formula is C32H34N2O4S. The van der Waals surface area contributed by atoms with Crippen molar-refractivity contribution in [3.63, 3.8) is 0 Å². The van der Waals surface area contributed by atoms with E-state index in [2.05, 4.69) is 49.2 Å². The molecule has 6 nitrogen and oxygen atoms in total. The molecule has 0 spiro atoms. The predicted octanol–water partition coefficient (Wildman–Crippen LogP) is 6.20. The van der Waals surface area contributed by atoms with E-state index < -0.39 is 0 Å². The number of rotatable bonds is 9. The highest BCUT2D eigenvalue weighted by molar-refractivity contribution is 7.09. The fraction of sp³-hybridized carbons (Fsp3) is 0.312. The van der Waals surface area contributed by atoms with Gasteiger partial charge in [-0.3, -0.25) is 9.78 Å². The van der Waals surface area contributed by atoms with Crippen LogP contribution in [0.15, 0.2) is 66.3 Å². The number of benzene rings is 3. The van der Waals surface area contributed by atoms with Crippen molar-refractivity contribution in [3.8, 4) is 17.2 Å². The quantitative estimate of drug-likeness (QED) is 0.273. The van der Waals surface area contributed by atoms with E-state index in [0.29, 0.717) is 43.9 Å². The van der Waals surface area contributed by atoms with Gasteiger partial charge in [-0.05, 0) is 78.8 Å². The van der Waals surface area contributed by atoms with Gasteiger partial charge in [0.25, 0.3) is 0 Å². The number of aromatic hydroxyl groups is 1. The van der Waals surface area contributed by atoms with Gasteiger partial charge in [0, 0.05) is 30.5 Å². The van der Waals surface area contributed by atoms with E-state index in [1.54, 1.807) is 30.6 Å². The third-order valence-electron chi connectivity index (χ3n) is 7.32. The molecule has 5 rings (SSSR count). The van der Waals surface area contributed by atoms with Gasteiger partial charge in [-0.1, -0.05) is 35.9 Å². The number of carbonyl (C=O) groups excluding carboxylic acids is 1. The van der Waals surface area contributed by atoms with Crippen molar-refractivity contribution in [2.45, 2.75) is 45.6 Å². The van der Waals surface area contributed by atoms with Gasteiger partial charge in [0.15, 0.2) is 11.5 Å². The highest BCUT2D eigenvalue weighted by Crippen LogP contribution is 2.42. The van der Waals surface area contributed by atoms with Crippen molar-refractivity contribution in [2.24, 2.45) is 0 Å². The number of hydrogen-bond acceptors (Lipinski definition) is 6. The zero-order valence-corrected chi connectivity index (χ0v) is 23.5. The Morgan fingerprint density at radius 3 is 2.69 bits per heavy atom. The summed E-state index contributed by atoms with van der Waals surface area (Å²) >= 11 is 1.59. The maximum Gasteiger partial charge on any atom is 0.223 e. The Morgan fingerprint density at radius 2 is 1.95 bits per heavy atom. The Balaban J connectivity index is 1.47. The lowest BCUT2D eigenvalue weighted by molar-refractivity contribution is -0.133. The number of methoxy groups -OCH3 is 1. The SMILES string of the molecule is COc1cc2c(cc1OCCc1cccc(O)c1)C(c1ccc(C)cc1C)N(C(=O)CCc1cncs1)CC2. The van der Waals surface area contributed by atoms with Crippen LogP contribution in [-0.4, -0.2) is 41.2 Å². The zero-order valence-electron chi connectivity index (χ0n) is 22.6. The average molecular weight is 543 g/mol. The number of aromatic nitrogens is 1. The number of phenols is 1. The molecule has 2 heterocycles. The Morgan fingerprint density at radius 1 is 1.08 bits per heavy atom. The van der Waals surface area contributed by atoms with Crippen LogP contribution in [0.4, 0.5) is 0 Å². The summed E-state index contributed by atoms with van der Waals surface area (Å²) in [5.41, 5.74) is 8.54. The van der Waals surface area contributed by atoms with Crippen molar-refractivity contribution >= 4 is 17.2 Å². The van der Waals surface area contributed by atoms with Gasteiger partial charge in [0.05, 0.1) is 25.3 Å². The Labute approximate surface area is 233 Å². The molecule has 0 fully saturated rings. The summed E-state index contributed by atoms with van der Waals surface area (Å²) in [7, 11) is 1.66. The minimum atomic E-state index is -0.206. The number of fused-ring (bicyclic) bond motifs is 1. The summed E-state index contributed by atoms with van der Waals surface area (Å²) in [6.07, 6.45) is 4.39. The smallest absolute Gasteiger partial charge is 0.223 e. The summed E-state index contributed by atoms with van der Waals surface area (Å²) < 4.78 is 12.0. The second kappa shape index (κ2) is 11.9. The molecule has 1 atom stereocenters. The lowest BCUT2D eigenvalue weighted by atomic mass is 9.85. The summed E-state index contributed by atoms with van der Waals surface area (Å²) in [6.45, 7) is 5.29. The molecule has 39 heavy (non-hydrogen) atoms. The standard InChI is InChI=1S/C32H34N2O4S/c1-21-7-9-27(22(2)15-21)32-28-18-30(38-14-12-23-5-4-6-25(35)16-23)29(37-3)17-24(28)11-13-34(32)31(36)10-8-26-19-33-20-39-26/h4-7,9,15-20,32,35H,8,10-14H2,1-3H3. The largest absolute Gasteiger partial charge is 0.508 e. The summed E-state index contributed by atoms with van der Waals surface area (Å²) in [4.78, 5) is 21.0. The van der Waals surface area contributed by atoms with E-state index in [1.165, 1.54) is 11.1 Å². The van der Waals surface area contributed by atoms with Crippen LogP contribution in [0.3, 0.4) is 0 Å². The molecular weight excluding hydrogens is 508 g/mol. The number of thiazole rings is 1. The van der Waals surface area contributed by atoms with E-state index in [1.807, 2.05) is 28.7 Å². The maximum atomic E-state index is 13.7. The van der Waals surface area contributed by atoms with E-state index in [4.69, 9.17) is 9.47 Å². The molecule has 0 aliphatic carbocycles. The monoisotopic (exact) mass is 542 g/mol. The predicted molar refractivity (Wildman–Crippen MR) is 154 cm³/mol. The molecule has 1 aliphatic rings. The molecule has 1 N–H and O–H groups in total. The van der Waals surface area contributed by atoms with Crippen LogP contribution in [0.2, 0.25) is 0 Å². The van der Waals surface area contributed by atoms with Crippen LogP contribution in [0.1, 0.15) is 50.7 Å². The number of aryl methyl sites for hydroxylation is 3. The van der Waals surface area contributed by atoms with E-state index in [-0.39, 0.29) is 17.7 Å². The van der Waals surface area contributed by atoms with Gasteiger partial charge >= 0.3 is 0 Å². The first kappa shape index (κ1) is 26.8. The molecule has 0 saturated heterocycles. The molecule has 1 amide bonds. The highest BCUT2D eigenvalue weighted by Gasteiger charge is 2.34. The minimum absolute atomic E-state index is 0.140. The topological polar surface area (TPSA) is 71.9 Å². The molecule has 7 heteroatoms. The molecule has 1 aliphatic heterocycles. The van der Waals surface area contributed by atoms with E-state index in [9.17, 15) is 9.90 Å². The average Bonchev–Trinajstić information content (AvgIpc) is 3.45. The van der Waals surface area contributed by atoms with Gasteiger partial charge in [-0.2, -0.15) is 0 Å². The van der Waals surface area contributed by atoms with Crippen molar-refractivity contribution in [3.05, 3.63) is 105 Å². The number of carbonyl (C=O) groups is 1. The maximum absolute atomic E-state index is 13.7. The molecule has 0 radical (unpaired) electrons. The lowest BCUT2D eigenvalue weighted by Crippen LogP contribution is -2.41. The van der Waals surface area contributed by atoms with Crippen LogP contribution in [-0.2, 0) is 24.1 Å². The lowest BCUT2D eigenvalue weighted by Gasteiger charge is -2.39. The summed E-state index contributed by atoms with van der Waals surface area (Å²) in [5, 5.41) is 9.79. The second-order valence-electron chi connectivity index (χ2n) is 10.0. The van der Waals surface area contributed by atoms with E-state index in [0.717, 1.165) is 33.6 Å². The van der Waals surface area contributed by atoms with Crippen LogP contribution < -0.4 is 9.47 Å². The number of ether oxygens (including phenoxy) is 2. The first-order valence-electron chi connectivity index (χ1n) is 13.3. The zero-order chi connectivity index (χ0) is 27.4. The fourth-order valence-corrected chi connectivity index (χ4v) is 5.96. The molecule has 0 bridgehead atoms. The van der Waals surface area contributed by atoms with Crippen molar-refractivity contribution in [2.75, 3.05) is 20.3 Å². The fourth-order valence-electron chi connectivity index (χ4n) is 5.37. The van der Waals surface area contributed by atoms with Crippen LogP contribution >= 0.6 is 11.3 Å². The third kappa shape index (κ3) is 6.09. The van der Waals surface area contributed by atoms with Crippen molar-refractivity contribution < 1.29 is 19.4 Å². The van der Waals surface area contributed by atoms with Gasteiger partial charge < -0.3 is 19.5 Å². The van der Waals surface area contributed by atoms with Gasteiger partial charge in [-0.25, -0.2) is 0 Å². The van der Waals surface area contributed by atoms with E-state index >= 15 is 0 Å². The minimum Gasteiger partial charge on any atom is -0.508 e. The molecule has 202 valence electrons. The Hall–Kier alpha value is -3.84. The van der Waals surface area contributed by atoms with Crippen LogP contribution in [0, 0.1) is 13.8 Å². The van der Waals surface area contributed by atoms with Gasteiger partial charge in [0.2, 0.25) is 5.91 Å². The summed E-state index contributed by atoms with van der Waals surface area (Å²) in [6, 6.07) is 17.6. The van der Waals surface area contributed by atoms with Gasteiger partial charge in [0.1, 0.15) is 5.75 Å². The number of amides is 1. The van der Waals surface area contributed by atoms with Crippen molar-refractivity contribution in [1.29, 1.82) is 0 Å². The number of phenolic OH excluding ortho intramolecular Hbond substituents is 1. The third-order valence-corrected chi connectivity index (χ3v) is 8.16. The van der Waals surface area contributed by atoms with Crippen LogP contribution in [0.25, 0.3) is 0 Å². The molecule has 4 aromatic rings. The summed E-state index contributed by atoms with van der Waals surface area (Å²) in [5.74, 6) is 1.73. The first-order chi connectivity index (χ1) is 18.9. The molecule has 1 aromatic heterocycles. The number of hydrogen-bond donors (Lipinski definition) is 1. The molecule has 3 aromatic carbocycles.